The molecule has 0 aliphatic carbocycles. The summed E-state index contributed by atoms with van der Waals surface area (Å²) in [5.41, 5.74) is 0.421. The molecule has 0 atom stereocenters. The van der Waals surface area contributed by atoms with E-state index in [9.17, 15) is 4.79 Å². The Labute approximate surface area is 118 Å². The SMILES string of the molecule is CC1(C)CCCN(CC(=O)c2ccc(Cl)s2)CC1. The van der Waals surface area contributed by atoms with E-state index in [0.29, 0.717) is 16.3 Å². The van der Waals surface area contributed by atoms with E-state index in [0.717, 1.165) is 18.0 Å². The minimum Gasteiger partial charge on any atom is -0.296 e. The van der Waals surface area contributed by atoms with Gasteiger partial charge in [0.15, 0.2) is 5.78 Å². The van der Waals surface area contributed by atoms with Crippen molar-refractivity contribution in [3.63, 3.8) is 0 Å². The number of rotatable bonds is 3. The number of halogens is 1. The van der Waals surface area contributed by atoms with Crippen LogP contribution >= 0.6 is 22.9 Å². The van der Waals surface area contributed by atoms with Gasteiger partial charge in [-0.1, -0.05) is 25.4 Å². The fourth-order valence-electron chi connectivity index (χ4n) is 2.38. The zero-order valence-corrected chi connectivity index (χ0v) is 12.6. The quantitative estimate of drug-likeness (QED) is 0.780. The van der Waals surface area contributed by atoms with Crippen LogP contribution in [0.3, 0.4) is 0 Å². The van der Waals surface area contributed by atoms with Gasteiger partial charge in [-0.3, -0.25) is 9.69 Å². The minimum absolute atomic E-state index is 0.201. The summed E-state index contributed by atoms with van der Waals surface area (Å²) in [5, 5.41) is 0. The van der Waals surface area contributed by atoms with Crippen molar-refractivity contribution in [3.8, 4) is 0 Å². The van der Waals surface area contributed by atoms with E-state index in [-0.39, 0.29) is 5.78 Å². The van der Waals surface area contributed by atoms with Crippen molar-refractivity contribution in [2.45, 2.75) is 33.1 Å². The van der Waals surface area contributed by atoms with Gasteiger partial charge in [-0.05, 0) is 49.9 Å². The van der Waals surface area contributed by atoms with Crippen LogP contribution in [0.1, 0.15) is 42.8 Å². The van der Waals surface area contributed by atoms with Gasteiger partial charge in [0, 0.05) is 0 Å². The third-order valence-electron chi connectivity index (χ3n) is 3.65. The van der Waals surface area contributed by atoms with Crippen LogP contribution in [0, 0.1) is 5.41 Å². The molecule has 0 spiro atoms. The predicted molar refractivity (Wildman–Crippen MR) is 77.7 cm³/mol. The van der Waals surface area contributed by atoms with Gasteiger partial charge in [-0.15, -0.1) is 11.3 Å². The van der Waals surface area contributed by atoms with E-state index >= 15 is 0 Å². The topological polar surface area (TPSA) is 20.3 Å². The summed E-state index contributed by atoms with van der Waals surface area (Å²) in [4.78, 5) is 15.2. The number of hydrogen-bond donors (Lipinski definition) is 0. The van der Waals surface area contributed by atoms with Crippen molar-refractivity contribution < 1.29 is 4.79 Å². The molecule has 0 radical (unpaired) electrons. The van der Waals surface area contributed by atoms with Gasteiger partial charge >= 0.3 is 0 Å². The summed E-state index contributed by atoms with van der Waals surface area (Å²) in [5.74, 6) is 0.201. The summed E-state index contributed by atoms with van der Waals surface area (Å²) < 4.78 is 0.690. The van der Waals surface area contributed by atoms with Crippen LogP contribution in [0.25, 0.3) is 0 Å². The summed E-state index contributed by atoms with van der Waals surface area (Å²) in [7, 11) is 0. The number of carbonyl (C=O) groups is 1. The molecule has 1 saturated heterocycles. The average molecular weight is 286 g/mol. The zero-order valence-electron chi connectivity index (χ0n) is 11.0. The highest BCUT2D eigenvalue weighted by Crippen LogP contribution is 2.30. The molecule has 0 N–H and O–H groups in total. The molecule has 100 valence electrons. The van der Waals surface area contributed by atoms with Crippen molar-refractivity contribution in [1.29, 1.82) is 0 Å². The normalized spacial score (nSPS) is 20.6. The first-order chi connectivity index (χ1) is 8.46. The van der Waals surface area contributed by atoms with Crippen LogP contribution in [0.2, 0.25) is 4.34 Å². The summed E-state index contributed by atoms with van der Waals surface area (Å²) in [6.45, 7) is 7.23. The van der Waals surface area contributed by atoms with Crippen LogP contribution in [-0.2, 0) is 0 Å². The Morgan fingerprint density at radius 3 is 2.83 bits per heavy atom. The van der Waals surface area contributed by atoms with Crippen molar-refractivity contribution in [2.75, 3.05) is 19.6 Å². The number of hydrogen-bond acceptors (Lipinski definition) is 3. The molecule has 0 bridgehead atoms. The van der Waals surface area contributed by atoms with E-state index in [1.807, 2.05) is 6.07 Å². The molecular weight excluding hydrogens is 266 g/mol. The van der Waals surface area contributed by atoms with Crippen LogP contribution in [0.4, 0.5) is 0 Å². The lowest BCUT2D eigenvalue weighted by Crippen LogP contribution is -2.31. The van der Waals surface area contributed by atoms with Gasteiger partial charge in [0.2, 0.25) is 0 Å². The summed E-state index contributed by atoms with van der Waals surface area (Å²) in [6, 6.07) is 3.63. The summed E-state index contributed by atoms with van der Waals surface area (Å²) >= 11 is 7.24. The molecule has 0 amide bonds. The first-order valence-electron chi connectivity index (χ1n) is 6.47. The molecule has 1 aliphatic heterocycles. The Bertz CT molecular complexity index is 427. The van der Waals surface area contributed by atoms with Gasteiger partial charge in [-0.2, -0.15) is 0 Å². The minimum atomic E-state index is 0.201. The zero-order chi connectivity index (χ0) is 13.2. The van der Waals surface area contributed by atoms with E-state index in [1.54, 1.807) is 6.07 Å². The van der Waals surface area contributed by atoms with Gasteiger partial charge in [-0.25, -0.2) is 0 Å². The summed E-state index contributed by atoms with van der Waals surface area (Å²) in [6.07, 6.45) is 3.61. The lowest BCUT2D eigenvalue weighted by atomic mass is 9.85. The second kappa shape index (κ2) is 5.72. The van der Waals surface area contributed by atoms with E-state index in [2.05, 4.69) is 18.7 Å². The second-order valence-electron chi connectivity index (χ2n) is 5.82. The molecule has 0 unspecified atom stereocenters. The van der Waals surface area contributed by atoms with Crippen molar-refractivity contribution >= 4 is 28.7 Å². The maximum absolute atomic E-state index is 12.1. The van der Waals surface area contributed by atoms with Gasteiger partial charge < -0.3 is 0 Å². The molecule has 4 heteroatoms. The number of likely N-dealkylation sites (tertiary alicyclic amines) is 1. The fraction of sp³-hybridized carbons (Fsp3) is 0.643. The second-order valence-corrected chi connectivity index (χ2v) is 7.54. The smallest absolute Gasteiger partial charge is 0.186 e. The lowest BCUT2D eigenvalue weighted by molar-refractivity contribution is 0.0934. The molecule has 2 nitrogen and oxygen atoms in total. The average Bonchev–Trinajstić information content (AvgIpc) is 2.65. The monoisotopic (exact) mass is 285 g/mol. The molecule has 1 aromatic heterocycles. The van der Waals surface area contributed by atoms with E-state index in [4.69, 9.17) is 11.6 Å². The Morgan fingerprint density at radius 1 is 1.39 bits per heavy atom. The highest BCUT2D eigenvalue weighted by Gasteiger charge is 2.24. The molecule has 18 heavy (non-hydrogen) atoms. The Kier molecular flexibility index (Phi) is 4.46. The maximum atomic E-state index is 12.1. The first-order valence-corrected chi connectivity index (χ1v) is 7.67. The van der Waals surface area contributed by atoms with Crippen LogP contribution < -0.4 is 0 Å². The molecule has 1 fully saturated rings. The lowest BCUT2D eigenvalue weighted by Gasteiger charge is -2.22. The molecule has 0 aromatic carbocycles. The molecule has 1 aromatic rings. The Balaban J connectivity index is 1.91. The van der Waals surface area contributed by atoms with Gasteiger partial charge in [0.05, 0.1) is 15.8 Å². The highest BCUT2D eigenvalue weighted by molar-refractivity contribution is 7.18. The van der Waals surface area contributed by atoms with E-state index < -0.39 is 0 Å². The predicted octanol–water partition coefficient (Wildman–Crippen LogP) is 4.10. The number of Topliss-reactive ketones (excluding diaryl/α,β-unsaturated/α-hetero) is 1. The number of carbonyl (C=O) groups excluding carboxylic acids is 1. The molecule has 2 heterocycles. The van der Waals surface area contributed by atoms with Crippen LogP contribution in [0.15, 0.2) is 12.1 Å². The largest absolute Gasteiger partial charge is 0.296 e. The number of nitrogens with zero attached hydrogens (tertiary/aromatic N) is 1. The van der Waals surface area contributed by atoms with Crippen molar-refractivity contribution in [1.82, 2.24) is 4.90 Å². The molecular formula is C14H20ClNOS. The molecule has 0 saturated carbocycles. The Hall–Kier alpha value is -0.380. The van der Waals surface area contributed by atoms with Gasteiger partial charge in [0.25, 0.3) is 0 Å². The number of ketones is 1. The first kappa shape index (κ1) is 14.0. The maximum Gasteiger partial charge on any atom is 0.186 e. The van der Waals surface area contributed by atoms with Crippen LogP contribution in [-0.4, -0.2) is 30.3 Å². The molecule has 1 aliphatic rings. The number of thiophene rings is 1. The van der Waals surface area contributed by atoms with Crippen molar-refractivity contribution in [3.05, 3.63) is 21.3 Å². The standard InChI is InChI=1S/C14H20ClNOS/c1-14(2)6-3-8-16(9-7-14)10-11(17)12-4-5-13(15)18-12/h4-5H,3,6-10H2,1-2H3. The van der Waals surface area contributed by atoms with Crippen molar-refractivity contribution in [2.24, 2.45) is 5.41 Å². The highest BCUT2D eigenvalue weighted by atomic mass is 35.5. The van der Waals surface area contributed by atoms with E-state index in [1.165, 1.54) is 30.6 Å². The third-order valence-corrected chi connectivity index (χ3v) is 4.92. The van der Waals surface area contributed by atoms with Gasteiger partial charge in [0.1, 0.15) is 0 Å². The third kappa shape index (κ3) is 3.81. The van der Waals surface area contributed by atoms with Crippen LogP contribution in [0.5, 0.6) is 0 Å². The molecule has 2 rings (SSSR count). The Morgan fingerprint density at radius 2 is 2.17 bits per heavy atom. The fourth-order valence-corrected chi connectivity index (χ4v) is 3.36.